The van der Waals surface area contributed by atoms with Gasteiger partial charge in [0.1, 0.15) is 5.75 Å². The first-order valence-electron chi connectivity index (χ1n) is 5.93. The van der Waals surface area contributed by atoms with Crippen LogP contribution in [-0.2, 0) is 11.2 Å². The van der Waals surface area contributed by atoms with E-state index in [1.165, 1.54) is 0 Å². The van der Waals surface area contributed by atoms with E-state index in [2.05, 4.69) is 5.32 Å². The molecule has 3 N–H and O–H groups in total. The Morgan fingerprint density at radius 1 is 1.39 bits per heavy atom. The van der Waals surface area contributed by atoms with Gasteiger partial charge in [-0.15, -0.1) is 0 Å². The summed E-state index contributed by atoms with van der Waals surface area (Å²) in [6.07, 6.45) is -0.667. The van der Waals surface area contributed by atoms with Gasteiger partial charge in [0.05, 0.1) is 25.7 Å². The average Bonchev–Trinajstić information content (AvgIpc) is 2.38. The van der Waals surface area contributed by atoms with Crippen molar-refractivity contribution in [3.63, 3.8) is 0 Å². The second-order valence-corrected chi connectivity index (χ2v) is 3.89. The zero-order valence-electron chi connectivity index (χ0n) is 10.4. The molecule has 0 aromatic heterocycles. The van der Waals surface area contributed by atoms with E-state index in [1.807, 2.05) is 31.2 Å². The Balaban J connectivity index is 2.39. The summed E-state index contributed by atoms with van der Waals surface area (Å²) in [5, 5.41) is 20.2. The SMILES string of the molecule is CCOc1ccc(CC(=O)NCC(O)CO)cc1. The Morgan fingerprint density at radius 3 is 2.61 bits per heavy atom. The molecule has 5 nitrogen and oxygen atoms in total. The van der Waals surface area contributed by atoms with Crippen LogP contribution in [0.3, 0.4) is 0 Å². The summed E-state index contributed by atoms with van der Waals surface area (Å²) in [6, 6.07) is 7.28. The first-order chi connectivity index (χ1) is 8.65. The molecule has 0 radical (unpaired) electrons. The molecule has 18 heavy (non-hydrogen) atoms. The highest BCUT2D eigenvalue weighted by Gasteiger charge is 2.06. The fourth-order valence-electron chi connectivity index (χ4n) is 1.41. The van der Waals surface area contributed by atoms with E-state index in [9.17, 15) is 4.79 Å². The minimum atomic E-state index is -0.908. The third-order valence-corrected chi connectivity index (χ3v) is 2.34. The van der Waals surface area contributed by atoms with Crippen molar-refractivity contribution in [1.82, 2.24) is 5.32 Å². The Labute approximate surface area is 106 Å². The summed E-state index contributed by atoms with van der Waals surface area (Å²) in [5.74, 6) is 0.587. The molecule has 0 spiro atoms. The van der Waals surface area contributed by atoms with Gasteiger partial charge in [0.15, 0.2) is 0 Å². The summed E-state index contributed by atoms with van der Waals surface area (Å²) in [4.78, 5) is 11.5. The van der Waals surface area contributed by atoms with Crippen LogP contribution in [0.2, 0.25) is 0 Å². The minimum Gasteiger partial charge on any atom is -0.494 e. The van der Waals surface area contributed by atoms with E-state index in [-0.39, 0.29) is 25.5 Å². The van der Waals surface area contributed by atoms with Crippen molar-refractivity contribution in [3.05, 3.63) is 29.8 Å². The number of ether oxygens (including phenoxy) is 1. The molecule has 100 valence electrons. The zero-order chi connectivity index (χ0) is 13.4. The van der Waals surface area contributed by atoms with Gasteiger partial charge in [-0.1, -0.05) is 12.1 Å². The van der Waals surface area contributed by atoms with E-state index < -0.39 is 6.10 Å². The Kier molecular flexibility index (Phi) is 6.18. The summed E-state index contributed by atoms with van der Waals surface area (Å²) in [5.41, 5.74) is 0.870. The minimum absolute atomic E-state index is 0.0619. The fourth-order valence-corrected chi connectivity index (χ4v) is 1.41. The highest BCUT2D eigenvalue weighted by atomic mass is 16.5. The third kappa shape index (κ3) is 5.16. The number of hydrogen-bond donors (Lipinski definition) is 3. The second kappa shape index (κ2) is 7.68. The van der Waals surface area contributed by atoms with E-state index in [0.717, 1.165) is 11.3 Å². The molecule has 1 aromatic rings. The second-order valence-electron chi connectivity index (χ2n) is 3.89. The number of nitrogens with one attached hydrogen (secondary N) is 1. The predicted molar refractivity (Wildman–Crippen MR) is 67.4 cm³/mol. The van der Waals surface area contributed by atoms with Gasteiger partial charge in [0.25, 0.3) is 0 Å². The van der Waals surface area contributed by atoms with Crippen LogP contribution in [-0.4, -0.2) is 42.0 Å². The van der Waals surface area contributed by atoms with Crippen molar-refractivity contribution in [2.75, 3.05) is 19.8 Å². The third-order valence-electron chi connectivity index (χ3n) is 2.34. The van der Waals surface area contributed by atoms with Crippen molar-refractivity contribution >= 4 is 5.91 Å². The van der Waals surface area contributed by atoms with Crippen LogP contribution in [0.5, 0.6) is 5.75 Å². The molecule has 0 aliphatic heterocycles. The van der Waals surface area contributed by atoms with Gasteiger partial charge in [0, 0.05) is 6.54 Å². The van der Waals surface area contributed by atoms with Crippen molar-refractivity contribution in [2.24, 2.45) is 0 Å². The summed E-state index contributed by atoms with van der Waals surface area (Å²) < 4.78 is 5.30. The molecule has 1 amide bonds. The maximum absolute atomic E-state index is 11.5. The molecule has 1 atom stereocenters. The lowest BCUT2D eigenvalue weighted by atomic mass is 10.1. The molecule has 0 bridgehead atoms. The lowest BCUT2D eigenvalue weighted by Crippen LogP contribution is -2.34. The normalized spacial score (nSPS) is 11.9. The first kappa shape index (κ1) is 14.5. The molecule has 0 aliphatic rings. The van der Waals surface area contributed by atoms with Gasteiger partial charge >= 0.3 is 0 Å². The van der Waals surface area contributed by atoms with Gasteiger partial charge in [-0.3, -0.25) is 4.79 Å². The molecule has 0 saturated heterocycles. The monoisotopic (exact) mass is 253 g/mol. The standard InChI is InChI=1S/C13H19NO4/c1-2-18-12-5-3-10(4-6-12)7-13(17)14-8-11(16)9-15/h3-6,11,15-16H,2,7-9H2,1H3,(H,14,17). The fraction of sp³-hybridized carbons (Fsp3) is 0.462. The molecule has 0 aliphatic carbocycles. The van der Waals surface area contributed by atoms with Crippen LogP contribution < -0.4 is 10.1 Å². The average molecular weight is 253 g/mol. The lowest BCUT2D eigenvalue weighted by Gasteiger charge is -2.09. The summed E-state index contributed by atoms with van der Waals surface area (Å²) >= 11 is 0. The van der Waals surface area contributed by atoms with Crippen LogP contribution in [0.25, 0.3) is 0 Å². The van der Waals surface area contributed by atoms with Crippen LogP contribution >= 0.6 is 0 Å². The highest BCUT2D eigenvalue weighted by molar-refractivity contribution is 5.78. The number of rotatable bonds is 7. The molecular formula is C13H19NO4. The number of aliphatic hydroxyl groups is 2. The number of amides is 1. The Bertz CT molecular complexity index is 364. The number of aliphatic hydroxyl groups excluding tert-OH is 2. The summed E-state index contributed by atoms with van der Waals surface area (Å²) in [7, 11) is 0. The smallest absolute Gasteiger partial charge is 0.224 e. The van der Waals surface area contributed by atoms with Crippen molar-refractivity contribution in [1.29, 1.82) is 0 Å². The Morgan fingerprint density at radius 2 is 2.06 bits per heavy atom. The van der Waals surface area contributed by atoms with Crippen molar-refractivity contribution < 1.29 is 19.7 Å². The maximum Gasteiger partial charge on any atom is 0.224 e. The van der Waals surface area contributed by atoms with Crippen LogP contribution in [0, 0.1) is 0 Å². The largest absolute Gasteiger partial charge is 0.494 e. The quantitative estimate of drug-likeness (QED) is 0.644. The van der Waals surface area contributed by atoms with Gasteiger partial charge in [-0.05, 0) is 24.6 Å². The number of hydrogen-bond acceptors (Lipinski definition) is 4. The van der Waals surface area contributed by atoms with Crippen molar-refractivity contribution in [2.45, 2.75) is 19.4 Å². The van der Waals surface area contributed by atoms with Crippen molar-refractivity contribution in [3.8, 4) is 5.75 Å². The van der Waals surface area contributed by atoms with E-state index in [0.29, 0.717) is 6.61 Å². The first-order valence-corrected chi connectivity index (χ1v) is 5.93. The van der Waals surface area contributed by atoms with E-state index >= 15 is 0 Å². The molecule has 5 heteroatoms. The highest BCUT2D eigenvalue weighted by Crippen LogP contribution is 2.12. The Hall–Kier alpha value is -1.59. The van der Waals surface area contributed by atoms with E-state index in [4.69, 9.17) is 14.9 Å². The zero-order valence-corrected chi connectivity index (χ0v) is 10.4. The number of benzene rings is 1. The molecule has 1 aromatic carbocycles. The summed E-state index contributed by atoms with van der Waals surface area (Å²) in [6.45, 7) is 2.22. The van der Waals surface area contributed by atoms with Crippen LogP contribution in [0.4, 0.5) is 0 Å². The molecule has 0 heterocycles. The molecule has 1 rings (SSSR count). The van der Waals surface area contributed by atoms with Gasteiger partial charge in [0.2, 0.25) is 5.91 Å². The molecule has 1 unspecified atom stereocenters. The molecule has 0 fully saturated rings. The predicted octanol–water partition coefficient (Wildman–Crippen LogP) is 0.0972. The topological polar surface area (TPSA) is 78.8 Å². The molecule has 0 saturated carbocycles. The maximum atomic E-state index is 11.5. The lowest BCUT2D eigenvalue weighted by molar-refractivity contribution is -0.121. The van der Waals surface area contributed by atoms with Gasteiger partial charge < -0.3 is 20.3 Å². The van der Waals surface area contributed by atoms with Crippen LogP contribution in [0.1, 0.15) is 12.5 Å². The van der Waals surface area contributed by atoms with Gasteiger partial charge in [-0.25, -0.2) is 0 Å². The van der Waals surface area contributed by atoms with E-state index in [1.54, 1.807) is 0 Å². The van der Waals surface area contributed by atoms with Crippen LogP contribution in [0.15, 0.2) is 24.3 Å². The van der Waals surface area contributed by atoms with Gasteiger partial charge in [-0.2, -0.15) is 0 Å². The molecular weight excluding hydrogens is 234 g/mol. The number of carbonyl (C=O) groups excluding carboxylic acids is 1. The number of carbonyl (C=O) groups is 1.